The predicted octanol–water partition coefficient (Wildman–Crippen LogP) is 8.95. The molecule has 0 saturated heterocycles. The van der Waals surface area contributed by atoms with Crippen LogP contribution in [0.15, 0.2) is 71.3 Å². The van der Waals surface area contributed by atoms with Gasteiger partial charge in [-0.2, -0.15) is 0 Å². The zero-order valence-corrected chi connectivity index (χ0v) is 26.1. The van der Waals surface area contributed by atoms with Crippen molar-refractivity contribution in [3.05, 3.63) is 83.6 Å². The minimum absolute atomic E-state index is 0.165. The van der Waals surface area contributed by atoms with Crippen LogP contribution in [0.1, 0.15) is 57.2 Å². The number of benzene rings is 3. The summed E-state index contributed by atoms with van der Waals surface area (Å²) in [5.41, 5.74) is 11.4. The van der Waals surface area contributed by atoms with Crippen molar-refractivity contribution >= 4 is 35.2 Å². The Bertz CT molecular complexity index is 1760. The van der Waals surface area contributed by atoms with Crippen LogP contribution < -0.4 is 9.75 Å². The Labute approximate surface area is 234 Å². The van der Waals surface area contributed by atoms with Crippen LogP contribution in [0.2, 0.25) is 19.6 Å². The van der Waals surface area contributed by atoms with Crippen molar-refractivity contribution in [1.82, 2.24) is 0 Å². The van der Waals surface area contributed by atoms with Gasteiger partial charge >= 0.3 is 0 Å². The Kier molecular flexibility index (Phi) is 5.79. The van der Waals surface area contributed by atoms with Crippen molar-refractivity contribution in [3.8, 4) is 22.4 Å². The molecule has 39 heavy (non-hydrogen) atoms. The number of pyridine rings is 1. The van der Waals surface area contributed by atoms with Gasteiger partial charge < -0.3 is 4.42 Å². The quantitative estimate of drug-likeness (QED) is 0.167. The first-order chi connectivity index (χ1) is 18.3. The molecule has 1 aliphatic rings. The maximum absolute atomic E-state index is 7.04. The summed E-state index contributed by atoms with van der Waals surface area (Å²) in [6.07, 6.45) is 4.55. The minimum atomic E-state index is -1.65. The van der Waals surface area contributed by atoms with Gasteiger partial charge in [-0.05, 0) is 64.1 Å². The Morgan fingerprint density at radius 3 is 2.21 bits per heavy atom. The second kappa shape index (κ2) is 8.66. The van der Waals surface area contributed by atoms with Crippen molar-refractivity contribution in [2.45, 2.75) is 77.9 Å². The molecule has 0 amide bonds. The van der Waals surface area contributed by atoms with Gasteiger partial charge in [-0.15, -0.1) is 0 Å². The third-order valence-electron chi connectivity index (χ3n) is 9.28. The molecule has 0 fully saturated rings. The molecule has 5 aromatic rings. The maximum atomic E-state index is 7.04. The van der Waals surface area contributed by atoms with E-state index in [9.17, 15) is 0 Å². The first-order valence-corrected chi connectivity index (χ1v) is 17.9. The third-order valence-corrected chi connectivity index (χ3v) is 11.3. The standard InChI is InChI=1S/C36H42NOSi/c1-23-13-15-26-32-30(39(7,8)9)18-16-25(33(32)38-34(26)31(23)29-12-10-11-21-37(29)6)24-14-17-27-28(22-24)36(4,5)20-19-35(27,2)3/h10-18,21-22H,19-20H2,1-9H3/q+1. The highest BCUT2D eigenvalue weighted by Crippen LogP contribution is 2.48. The highest BCUT2D eigenvalue weighted by Gasteiger charge is 2.37. The van der Waals surface area contributed by atoms with Crippen molar-refractivity contribution in [2.24, 2.45) is 7.05 Å². The van der Waals surface area contributed by atoms with Gasteiger partial charge in [0, 0.05) is 28.5 Å². The number of hydrogen-bond acceptors (Lipinski definition) is 1. The van der Waals surface area contributed by atoms with Crippen LogP contribution in [-0.4, -0.2) is 8.07 Å². The summed E-state index contributed by atoms with van der Waals surface area (Å²) in [6.45, 7) is 19.1. The molecule has 6 rings (SSSR count). The molecule has 0 radical (unpaired) electrons. The molecule has 3 aromatic carbocycles. The summed E-state index contributed by atoms with van der Waals surface area (Å²) < 4.78 is 9.24. The molecule has 200 valence electrons. The molecule has 0 atom stereocenters. The zero-order chi connectivity index (χ0) is 27.9. The molecular weight excluding hydrogens is 490 g/mol. The van der Waals surface area contributed by atoms with Gasteiger partial charge in [0.05, 0.1) is 13.6 Å². The van der Waals surface area contributed by atoms with Crippen molar-refractivity contribution in [3.63, 3.8) is 0 Å². The molecule has 0 bridgehead atoms. The fraction of sp³-hybridized carbons (Fsp3) is 0.361. The number of rotatable bonds is 3. The smallest absolute Gasteiger partial charge is 0.216 e. The van der Waals surface area contributed by atoms with Gasteiger partial charge in [-0.25, -0.2) is 4.57 Å². The number of aryl methyl sites for hydroxylation is 2. The van der Waals surface area contributed by atoms with Gasteiger partial charge in [-0.3, -0.25) is 0 Å². The molecule has 1 aliphatic carbocycles. The average molecular weight is 533 g/mol. The monoisotopic (exact) mass is 532 g/mol. The van der Waals surface area contributed by atoms with E-state index in [1.807, 2.05) is 0 Å². The number of nitrogens with zero attached hydrogens (tertiary/aromatic N) is 1. The summed E-state index contributed by atoms with van der Waals surface area (Å²) in [7, 11) is 0.462. The van der Waals surface area contributed by atoms with Gasteiger partial charge in [0.1, 0.15) is 18.2 Å². The average Bonchev–Trinajstić information content (AvgIpc) is 3.25. The number of aromatic nitrogens is 1. The maximum Gasteiger partial charge on any atom is 0.216 e. The van der Waals surface area contributed by atoms with Crippen LogP contribution in [0.5, 0.6) is 0 Å². The van der Waals surface area contributed by atoms with E-state index in [0.717, 1.165) is 11.2 Å². The van der Waals surface area contributed by atoms with E-state index in [-0.39, 0.29) is 10.8 Å². The highest BCUT2D eigenvalue weighted by atomic mass is 28.3. The Balaban J connectivity index is 1.70. The first-order valence-electron chi connectivity index (χ1n) is 14.4. The zero-order valence-electron chi connectivity index (χ0n) is 25.1. The minimum Gasteiger partial charge on any atom is -0.455 e. The van der Waals surface area contributed by atoms with E-state index in [1.54, 1.807) is 0 Å². The summed E-state index contributed by atoms with van der Waals surface area (Å²) in [6, 6.07) is 22.9. The summed E-state index contributed by atoms with van der Waals surface area (Å²) in [5.74, 6) is 0. The molecule has 2 nitrogen and oxygen atoms in total. The number of furan rings is 1. The molecule has 3 heteroatoms. The lowest BCUT2D eigenvalue weighted by Gasteiger charge is -2.42. The topological polar surface area (TPSA) is 17.0 Å². The largest absolute Gasteiger partial charge is 0.455 e. The number of hydrogen-bond donors (Lipinski definition) is 0. The molecule has 0 unspecified atom stereocenters. The van der Waals surface area contributed by atoms with Crippen LogP contribution in [-0.2, 0) is 17.9 Å². The van der Waals surface area contributed by atoms with Gasteiger partial charge in [0.15, 0.2) is 6.20 Å². The Morgan fingerprint density at radius 1 is 0.795 bits per heavy atom. The molecule has 2 aromatic heterocycles. The fourth-order valence-electron chi connectivity index (χ4n) is 6.75. The van der Waals surface area contributed by atoms with Crippen LogP contribution in [0.25, 0.3) is 44.3 Å². The fourth-order valence-corrected chi connectivity index (χ4v) is 8.33. The van der Waals surface area contributed by atoms with E-state index >= 15 is 0 Å². The predicted molar refractivity (Wildman–Crippen MR) is 169 cm³/mol. The van der Waals surface area contributed by atoms with Crippen molar-refractivity contribution in [1.29, 1.82) is 0 Å². The van der Waals surface area contributed by atoms with E-state index < -0.39 is 8.07 Å². The van der Waals surface area contributed by atoms with Gasteiger partial charge in [-0.1, -0.05) is 89.8 Å². The number of fused-ring (bicyclic) bond motifs is 4. The summed E-state index contributed by atoms with van der Waals surface area (Å²) in [4.78, 5) is 0. The van der Waals surface area contributed by atoms with E-state index in [2.05, 4.69) is 133 Å². The Morgan fingerprint density at radius 2 is 1.51 bits per heavy atom. The molecule has 0 spiro atoms. The van der Waals surface area contributed by atoms with Gasteiger partial charge in [0.25, 0.3) is 0 Å². The Hall–Kier alpha value is -3.17. The van der Waals surface area contributed by atoms with Crippen LogP contribution in [0.4, 0.5) is 0 Å². The van der Waals surface area contributed by atoms with E-state index in [4.69, 9.17) is 4.42 Å². The molecule has 0 saturated carbocycles. The molecule has 0 aliphatic heterocycles. The highest BCUT2D eigenvalue weighted by molar-refractivity contribution is 6.90. The van der Waals surface area contributed by atoms with Crippen LogP contribution >= 0.6 is 0 Å². The van der Waals surface area contributed by atoms with Crippen LogP contribution in [0, 0.1) is 6.92 Å². The lowest BCUT2D eigenvalue weighted by molar-refractivity contribution is -0.660. The van der Waals surface area contributed by atoms with Crippen molar-refractivity contribution in [2.75, 3.05) is 0 Å². The van der Waals surface area contributed by atoms with Crippen LogP contribution in [0.3, 0.4) is 0 Å². The summed E-state index contributed by atoms with van der Waals surface area (Å²) >= 11 is 0. The van der Waals surface area contributed by atoms with E-state index in [0.29, 0.717) is 0 Å². The summed E-state index contributed by atoms with van der Waals surface area (Å²) in [5, 5.41) is 4.00. The van der Waals surface area contributed by atoms with E-state index in [1.165, 1.54) is 67.9 Å². The second-order valence-corrected chi connectivity index (χ2v) is 19.1. The SMILES string of the molecule is Cc1ccc2c(oc3c(-c4ccc5c(c4)C(C)(C)CCC5(C)C)ccc([Si](C)(C)C)c32)c1-c1cccc[n+]1C. The molecule has 2 heterocycles. The molecule has 0 N–H and O–H groups in total. The first kappa shape index (κ1) is 26.1. The lowest BCUT2D eigenvalue weighted by Crippen LogP contribution is -2.38. The van der Waals surface area contributed by atoms with Crippen molar-refractivity contribution < 1.29 is 8.98 Å². The molecular formula is C36H42NOSi+. The van der Waals surface area contributed by atoms with Gasteiger partial charge in [0.2, 0.25) is 5.69 Å². The third kappa shape index (κ3) is 4.09. The normalized spacial score (nSPS) is 16.5. The second-order valence-electron chi connectivity index (χ2n) is 14.1. The lowest BCUT2D eigenvalue weighted by atomic mass is 9.63.